The molecule has 1 amide bonds. The van der Waals surface area contributed by atoms with Crippen molar-refractivity contribution in [2.45, 2.75) is 43.9 Å². The minimum atomic E-state index is -0.620. The Morgan fingerprint density at radius 2 is 2.00 bits per heavy atom. The first-order valence-corrected chi connectivity index (χ1v) is 14.8. The van der Waals surface area contributed by atoms with Gasteiger partial charge in [0, 0.05) is 28.4 Å². The third-order valence-corrected chi connectivity index (χ3v) is 9.09. The lowest BCUT2D eigenvalue weighted by Crippen LogP contribution is -2.42. The number of aryl methyl sites for hydroxylation is 1. The standard InChI is InChI=1S/C29H27ClN6O2S2/c1-16-7-9-19(10-8-16)33-23(38)15-39-28-35-34-27(40-28)36-21-12-29(2,3)13-22(37)25(21)24(20(14-31)26(36)32)17-5-4-6-18(30)11-17/h4-11,24H,12-13,15,32H2,1-3H3,(H,33,38). The van der Waals surface area contributed by atoms with Crippen LogP contribution in [0.2, 0.25) is 5.02 Å². The first kappa shape index (κ1) is 27.9. The third kappa shape index (κ3) is 5.63. The van der Waals surface area contributed by atoms with Crippen LogP contribution in [0, 0.1) is 23.7 Å². The summed E-state index contributed by atoms with van der Waals surface area (Å²) in [6.07, 6.45) is 0.911. The Labute approximate surface area is 245 Å². The van der Waals surface area contributed by atoms with Gasteiger partial charge in [-0.05, 0) is 48.6 Å². The summed E-state index contributed by atoms with van der Waals surface area (Å²) in [5.41, 5.74) is 10.4. The zero-order chi connectivity index (χ0) is 28.6. The molecule has 1 aliphatic heterocycles. The van der Waals surface area contributed by atoms with E-state index in [4.69, 9.17) is 17.3 Å². The van der Waals surface area contributed by atoms with Gasteiger partial charge in [-0.3, -0.25) is 14.5 Å². The van der Waals surface area contributed by atoms with Crippen LogP contribution in [0.25, 0.3) is 0 Å². The second-order valence-electron chi connectivity index (χ2n) is 10.6. The normalized spacial score (nSPS) is 18.4. The third-order valence-electron chi connectivity index (χ3n) is 6.81. The fraction of sp³-hybridized carbons (Fsp3) is 0.276. The van der Waals surface area contributed by atoms with Gasteiger partial charge in [0.2, 0.25) is 11.0 Å². The van der Waals surface area contributed by atoms with Crippen LogP contribution in [0.3, 0.4) is 0 Å². The topological polar surface area (TPSA) is 125 Å². The molecule has 0 bridgehead atoms. The first-order valence-electron chi connectivity index (χ1n) is 12.6. The molecule has 0 fully saturated rings. The Hall–Kier alpha value is -3.65. The maximum atomic E-state index is 13.6. The number of allylic oxidation sites excluding steroid dienone is 3. The average Bonchev–Trinajstić information content (AvgIpc) is 3.36. The zero-order valence-electron chi connectivity index (χ0n) is 22.2. The van der Waals surface area contributed by atoms with Gasteiger partial charge < -0.3 is 11.1 Å². The van der Waals surface area contributed by atoms with Crippen molar-refractivity contribution in [1.29, 1.82) is 5.26 Å². The molecule has 1 atom stereocenters. The number of nitriles is 1. The first-order chi connectivity index (χ1) is 19.1. The maximum Gasteiger partial charge on any atom is 0.234 e. The van der Waals surface area contributed by atoms with Gasteiger partial charge in [-0.1, -0.05) is 78.4 Å². The Balaban J connectivity index is 1.46. The van der Waals surface area contributed by atoms with Gasteiger partial charge in [0.15, 0.2) is 10.1 Å². The number of benzene rings is 2. The van der Waals surface area contributed by atoms with Gasteiger partial charge in [0.25, 0.3) is 0 Å². The zero-order valence-corrected chi connectivity index (χ0v) is 24.6. The van der Waals surface area contributed by atoms with E-state index in [2.05, 4.69) is 21.6 Å². The molecular weight excluding hydrogens is 564 g/mol. The van der Waals surface area contributed by atoms with Crippen LogP contribution in [0.4, 0.5) is 10.8 Å². The Kier molecular flexibility index (Phi) is 7.73. The van der Waals surface area contributed by atoms with Gasteiger partial charge in [0.05, 0.1) is 23.3 Å². The molecule has 204 valence electrons. The molecule has 8 nitrogen and oxygen atoms in total. The number of amides is 1. The number of thioether (sulfide) groups is 1. The maximum absolute atomic E-state index is 13.6. The highest BCUT2D eigenvalue weighted by Crippen LogP contribution is 2.50. The summed E-state index contributed by atoms with van der Waals surface area (Å²) in [5.74, 6) is -0.461. The highest BCUT2D eigenvalue weighted by molar-refractivity contribution is 8.01. The van der Waals surface area contributed by atoms with Gasteiger partial charge in [0.1, 0.15) is 5.82 Å². The lowest BCUT2D eigenvalue weighted by atomic mass is 9.69. The fourth-order valence-electron chi connectivity index (χ4n) is 5.06. The Bertz CT molecular complexity index is 1600. The summed E-state index contributed by atoms with van der Waals surface area (Å²) in [5, 5.41) is 22.7. The number of nitrogens with zero attached hydrogens (tertiary/aromatic N) is 4. The van der Waals surface area contributed by atoms with Crippen molar-refractivity contribution >= 4 is 57.2 Å². The van der Waals surface area contributed by atoms with Crippen LogP contribution >= 0.6 is 34.7 Å². The fourth-order valence-corrected chi connectivity index (χ4v) is 6.94. The number of rotatable bonds is 6. The largest absolute Gasteiger partial charge is 0.384 e. The van der Waals surface area contributed by atoms with E-state index in [1.54, 1.807) is 23.1 Å². The molecular formula is C29H27ClN6O2S2. The smallest absolute Gasteiger partial charge is 0.234 e. The van der Waals surface area contributed by atoms with E-state index < -0.39 is 5.92 Å². The number of halogens is 1. The summed E-state index contributed by atoms with van der Waals surface area (Å²) < 4.78 is 0.570. The quantitative estimate of drug-likeness (QED) is 0.326. The predicted octanol–water partition coefficient (Wildman–Crippen LogP) is 6.17. The molecule has 2 aromatic carbocycles. The number of anilines is 2. The Morgan fingerprint density at radius 3 is 2.70 bits per heavy atom. The molecule has 0 saturated heterocycles. The van der Waals surface area contributed by atoms with Crippen LogP contribution in [0.15, 0.2) is 75.5 Å². The van der Waals surface area contributed by atoms with Crippen molar-refractivity contribution in [2.24, 2.45) is 11.1 Å². The van der Waals surface area contributed by atoms with Crippen LogP contribution in [0.5, 0.6) is 0 Å². The lowest BCUT2D eigenvalue weighted by Gasteiger charge is -2.42. The van der Waals surface area contributed by atoms with E-state index in [0.717, 1.165) is 16.8 Å². The highest BCUT2D eigenvalue weighted by Gasteiger charge is 2.45. The van der Waals surface area contributed by atoms with Crippen molar-refractivity contribution in [3.63, 3.8) is 0 Å². The minimum Gasteiger partial charge on any atom is -0.384 e. The summed E-state index contributed by atoms with van der Waals surface area (Å²) in [4.78, 5) is 27.8. The molecule has 3 aromatic rings. The van der Waals surface area contributed by atoms with Gasteiger partial charge >= 0.3 is 0 Å². The summed E-state index contributed by atoms with van der Waals surface area (Å²) in [6.45, 7) is 6.06. The van der Waals surface area contributed by atoms with Crippen LogP contribution in [-0.2, 0) is 9.59 Å². The number of ketones is 1. The van der Waals surface area contributed by atoms with E-state index in [9.17, 15) is 14.9 Å². The van der Waals surface area contributed by atoms with Crippen molar-refractivity contribution < 1.29 is 9.59 Å². The van der Waals surface area contributed by atoms with Gasteiger partial charge in [-0.15, -0.1) is 10.2 Å². The van der Waals surface area contributed by atoms with Gasteiger partial charge in [-0.2, -0.15) is 5.26 Å². The summed E-state index contributed by atoms with van der Waals surface area (Å²) >= 11 is 8.81. The predicted molar refractivity (Wildman–Crippen MR) is 159 cm³/mol. The molecule has 5 rings (SSSR count). The van der Waals surface area contributed by atoms with Crippen LogP contribution < -0.4 is 16.0 Å². The molecule has 1 unspecified atom stereocenters. The molecule has 1 aliphatic carbocycles. The molecule has 11 heteroatoms. The van der Waals surface area contributed by atoms with E-state index in [-0.39, 0.29) is 34.3 Å². The molecule has 0 spiro atoms. The van der Waals surface area contributed by atoms with E-state index in [1.165, 1.54) is 23.1 Å². The van der Waals surface area contributed by atoms with Crippen LogP contribution in [0.1, 0.15) is 43.7 Å². The van der Waals surface area contributed by atoms with Crippen molar-refractivity contribution in [2.75, 3.05) is 16.0 Å². The molecule has 1 aromatic heterocycles. The highest BCUT2D eigenvalue weighted by atomic mass is 35.5. The molecule has 0 saturated carbocycles. The summed E-state index contributed by atoms with van der Waals surface area (Å²) in [6, 6.07) is 17.0. The number of hydrogen-bond donors (Lipinski definition) is 2. The molecule has 0 radical (unpaired) electrons. The number of Topliss-reactive ketones (excluding diaryl/α,β-unsaturated/α-hetero) is 1. The molecule has 2 aliphatic rings. The number of nitrogens with one attached hydrogen (secondary N) is 1. The molecule has 2 heterocycles. The van der Waals surface area contributed by atoms with Crippen molar-refractivity contribution in [3.05, 3.63) is 87.3 Å². The number of carbonyl (C=O) groups excluding carboxylic acids is 2. The average molecular weight is 591 g/mol. The lowest BCUT2D eigenvalue weighted by molar-refractivity contribution is -0.118. The van der Waals surface area contributed by atoms with Crippen LogP contribution in [-0.4, -0.2) is 27.6 Å². The SMILES string of the molecule is Cc1ccc(NC(=O)CSc2nnc(N3C(N)=C(C#N)C(c4cccc(Cl)c4)C4=C3CC(C)(C)CC4=O)s2)cc1. The molecule has 3 N–H and O–H groups in total. The number of carbonyl (C=O) groups is 2. The van der Waals surface area contributed by atoms with Crippen molar-refractivity contribution in [3.8, 4) is 6.07 Å². The number of nitrogens with two attached hydrogens (primary N) is 1. The van der Waals surface area contributed by atoms with Crippen molar-refractivity contribution in [1.82, 2.24) is 10.2 Å². The second-order valence-corrected chi connectivity index (χ2v) is 13.2. The van der Waals surface area contributed by atoms with Gasteiger partial charge in [-0.25, -0.2) is 0 Å². The van der Waals surface area contributed by atoms with E-state index >= 15 is 0 Å². The summed E-state index contributed by atoms with van der Waals surface area (Å²) in [7, 11) is 0. The van der Waals surface area contributed by atoms with E-state index in [0.29, 0.717) is 38.6 Å². The Morgan fingerprint density at radius 1 is 1.25 bits per heavy atom. The number of hydrogen-bond acceptors (Lipinski definition) is 9. The molecule has 40 heavy (non-hydrogen) atoms. The monoisotopic (exact) mass is 590 g/mol. The number of aromatic nitrogens is 2. The minimum absolute atomic E-state index is 0.0339. The second kappa shape index (κ2) is 11.1. The van der Waals surface area contributed by atoms with E-state index in [1.807, 2.05) is 51.1 Å².